The van der Waals surface area contributed by atoms with Crippen molar-refractivity contribution in [3.8, 4) is 0 Å². The number of hydrogen-bond donors (Lipinski definition) is 1. The van der Waals surface area contributed by atoms with Gasteiger partial charge in [0, 0.05) is 6.92 Å². The SMILES string of the molecule is CC(=O)O.F[B-](F)(F)F. The van der Waals surface area contributed by atoms with Crippen molar-refractivity contribution in [2.75, 3.05) is 0 Å². The van der Waals surface area contributed by atoms with Crippen LogP contribution in [-0.2, 0) is 4.79 Å². The van der Waals surface area contributed by atoms with Crippen LogP contribution in [0.4, 0.5) is 17.3 Å². The Hall–Kier alpha value is -0.745. The van der Waals surface area contributed by atoms with Gasteiger partial charge >= 0.3 is 7.25 Å². The van der Waals surface area contributed by atoms with Gasteiger partial charge < -0.3 is 22.4 Å². The zero-order chi connectivity index (χ0) is 8.08. The standard InChI is InChI=1S/C2H4O2.BF4/c1-2(3)4;2-1(3,4)5/h1H3,(H,3,4);/q;-1. The van der Waals surface area contributed by atoms with Crippen LogP contribution in [0.3, 0.4) is 0 Å². The molecule has 0 fully saturated rings. The Balaban J connectivity index is 0. The highest BCUT2D eigenvalue weighted by Gasteiger charge is 2.20. The molecule has 0 aromatic carbocycles. The second kappa shape index (κ2) is 4.17. The molecule has 0 radical (unpaired) electrons. The molecular weight excluding hydrogens is 143 g/mol. The molecule has 0 aromatic rings. The van der Waals surface area contributed by atoms with E-state index < -0.39 is 13.2 Å². The van der Waals surface area contributed by atoms with Crippen LogP contribution in [0.5, 0.6) is 0 Å². The van der Waals surface area contributed by atoms with Gasteiger partial charge in [-0.15, -0.1) is 0 Å². The van der Waals surface area contributed by atoms with Crippen LogP contribution in [0.1, 0.15) is 6.92 Å². The van der Waals surface area contributed by atoms with Crippen LogP contribution in [0.15, 0.2) is 0 Å². The van der Waals surface area contributed by atoms with Gasteiger partial charge in [-0.3, -0.25) is 4.79 Å². The Labute approximate surface area is 48.6 Å². The lowest BCUT2D eigenvalue weighted by molar-refractivity contribution is -0.134. The van der Waals surface area contributed by atoms with E-state index in [-0.39, 0.29) is 0 Å². The molecule has 0 unspecified atom stereocenters. The molecule has 0 aliphatic heterocycles. The van der Waals surface area contributed by atoms with Crippen molar-refractivity contribution in [1.82, 2.24) is 0 Å². The van der Waals surface area contributed by atoms with Crippen molar-refractivity contribution in [3.05, 3.63) is 0 Å². The Morgan fingerprint density at radius 1 is 1.33 bits per heavy atom. The first kappa shape index (κ1) is 11.1. The third-order valence-electron chi connectivity index (χ3n) is 0. The van der Waals surface area contributed by atoms with Crippen LogP contribution >= 0.6 is 0 Å². The summed E-state index contributed by atoms with van der Waals surface area (Å²) in [6.07, 6.45) is 0. The molecule has 0 atom stereocenters. The fourth-order valence-corrected chi connectivity index (χ4v) is 0. The molecule has 0 amide bonds. The molecular formula is C2H4BF4O2-. The van der Waals surface area contributed by atoms with E-state index in [2.05, 4.69) is 0 Å². The predicted octanol–water partition coefficient (Wildman–Crippen LogP) is 1.39. The van der Waals surface area contributed by atoms with Gasteiger partial charge in [0.05, 0.1) is 0 Å². The van der Waals surface area contributed by atoms with Gasteiger partial charge in [-0.2, -0.15) is 0 Å². The molecule has 0 aliphatic rings. The van der Waals surface area contributed by atoms with Gasteiger partial charge in [-0.05, 0) is 0 Å². The molecule has 0 aromatic heterocycles. The van der Waals surface area contributed by atoms with Crippen molar-refractivity contribution >= 4 is 13.2 Å². The van der Waals surface area contributed by atoms with Crippen LogP contribution in [0.2, 0.25) is 0 Å². The van der Waals surface area contributed by atoms with Crippen LogP contribution in [0.25, 0.3) is 0 Å². The summed E-state index contributed by atoms with van der Waals surface area (Å²) in [6.45, 7) is 1.08. The fraction of sp³-hybridized carbons (Fsp3) is 0.500. The first-order valence-corrected chi connectivity index (χ1v) is 1.80. The highest BCUT2D eigenvalue weighted by molar-refractivity contribution is 6.50. The molecule has 0 spiro atoms. The minimum absolute atomic E-state index is 0.833. The van der Waals surface area contributed by atoms with E-state index >= 15 is 0 Å². The lowest BCUT2D eigenvalue weighted by atomic mass is 10.3. The molecule has 0 rings (SSSR count). The molecule has 0 saturated carbocycles. The fourth-order valence-electron chi connectivity index (χ4n) is 0. The monoisotopic (exact) mass is 147 g/mol. The molecule has 0 saturated heterocycles. The summed E-state index contributed by atoms with van der Waals surface area (Å²) >= 11 is 0. The minimum atomic E-state index is -6.00. The first-order valence-electron chi connectivity index (χ1n) is 1.80. The van der Waals surface area contributed by atoms with E-state index in [9.17, 15) is 17.3 Å². The van der Waals surface area contributed by atoms with Crippen LogP contribution < -0.4 is 0 Å². The Morgan fingerprint density at radius 3 is 1.33 bits per heavy atom. The summed E-state index contributed by atoms with van der Waals surface area (Å²) in [4.78, 5) is 9.00. The second-order valence-corrected chi connectivity index (χ2v) is 1.01. The lowest BCUT2D eigenvalue weighted by Gasteiger charge is -1.94. The summed E-state index contributed by atoms with van der Waals surface area (Å²) in [6, 6.07) is 0. The normalized spacial score (nSPS) is 9.44. The molecule has 7 heteroatoms. The number of carboxylic acid groups (broad SMARTS) is 1. The van der Waals surface area contributed by atoms with Gasteiger partial charge in [-0.25, -0.2) is 0 Å². The Kier molecular flexibility index (Phi) is 5.14. The van der Waals surface area contributed by atoms with Crippen molar-refractivity contribution in [3.63, 3.8) is 0 Å². The minimum Gasteiger partial charge on any atom is -0.481 e. The number of hydrogen-bond acceptors (Lipinski definition) is 1. The van der Waals surface area contributed by atoms with Crippen molar-refractivity contribution in [2.24, 2.45) is 0 Å². The van der Waals surface area contributed by atoms with E-state index in [0.29, 0.717) is 0 Å². The average Bonchev–Trinajstić information content (AvgIpc) is 1.19. The van der Waals surface area contributed by atoms with E-state index in [0.717, 1.165) is 6.92 Å². The predicted molar refractivity (Wildman–Crippen MR) is 23.5 cm³/mol. The third kappa shape index (κ3) is 361. The third-order valence-corrected chi connectivity index (χ3v) is 0. The molecule has 9 heavy (non-hydrogen) atoms. The maximum absolute atomic E-state index is 9.75. The number of aliphatic carboxylic acids is 1. The highest BCUT2D eigenvalue weighted by Crippen LogP contribution is 2.06. The van der Waals surface area contributed by atoms with E-state index in [4.69, 9.17) is 9.90 Å². The van der Waals surface area contributed by atoms with E-state index in [1.165, 1.54) is 0 Å². The Morgan fingerprint density at radius 2 is 1.33 bits per heavy atom. The highest BCUT2D eigenvalue weighted by atomic mass is 19.5. The molecule has 0 aliphatic carbocycles. The van der Waals surface area contributed by atoms with Crippen molar-refractivity contribution in [2.45, 2.75) is 6.92 Å². The smallest absolute Gasteiger partial charge is 0.481 e. The zero-order valence-corrected chi connectivity index (χ0v) is 4.44. The van der Waals surface area contributed by atoms with Gasteiger partial charge in [-0.1, -0.05) is 0 Å². The second-order valence-electron chi connectivity index (χ2n) is 1.01. The lowest BCUT2D eigenvalue weighted by Crippen LogP contribution is -2.02. The van der Waals surface area contributed by atoms with E-state index in [1.54, 1.807) is 0 Å². The largest absolute Gasteiger partial charge is 0.673 e. The number of halogens is 4. The molecule has 56 valence electrons. The first-order chi connectivity index (χ1) is 3.73. The van der Waals surface area contributed by atoms with Crippen LogP contribution in [0, 0.1) is 0 Å². The molecule has 1 N–H and O–H groups in total. The maximum Gasteiger partial charge on any atom is 0.673 e. The Bertz CT molecular complexity index is 79.1. The van der Waals surface area contributed by atoms with Crippen molar-refractivity contribution in [1.29, 1.82) is 0 Å². The topological polar surface area (TPSA) is 37.3 Å². The van der Waals surface area contributed by atoms with Gasteiger partial charge in [0.2, 0.25) is 0 Å². The summed E-state index contributed by atoms with van der Waals surface area (Å²) in [5, 5.41) is 7.42. The van der Waals surface area contributed by atoms with E-state index in [1.807, 2.05) is 0 Å². The quantitative estimate of drug-likeness (QED) is 0.415. The van der Waals surface area contributed by atoms with Crippen molar-refractivity contribution < 1.29 is 27.2 Å². The summed E-state index contributed by atoms with van der Waals surface area (Å²) in [7, 11) is -6.00. The summed E-state index contributed by atoms with van der Waals surface area (Å²) in [5.74, 6) is -0.833. The van der Waals surface area contributed by atoms with Gasteiger partial charge in [0.25, 0.3) is 5.97 Å². The number of carboxylic acids is 1. The molecule has 0 bridgehead atoms. The van der Waals surface area contributed by atoms with Gasteiger partial charge in [0.1, 0.15) is 0 Å². The molecule has 2 nitrogen and oxygen atoms in total. The summed E-state index contributed by atoms with van der Waals surface area (Å²) < 4.78 is 39.0. The number of rotatable bonds is 0. The maximum atomic E-state index is 9.75. The summed E-state index contributed by atoms with van der Waals surface area (Å²) in [5.41, 5.74) is 0. The molecule has 0 heterocycles. The van der Waals surface area contributed by atoms with Gasteiger partial charge in [0.15, 0.2) is 0 Å². The number of carbonyl (C=O) groups is 1. The average molecular weight is 147 g/mol. The zero-order valence-electron chi connectivity index (χ0n) is 4.44. The van der Waals surface area contributed by atoms with Crippen LogP contribution in [-0.4, -0.2) is 18.3 Å².